The molecule has 3 unspecified atom stereocenters. The first kappa shape index (κ1) is 27.9. The first-order chi connectivity index (χ1) is 20.0. The molecule has 13 heteroatoms. The maximum Gasteiger partial charge on any atom is 0.416 e. The third-order valence-electron chi connectivity index (χ3n) is 7.16. The van der Waals surface area contributed by atoms with Crippen LogP contribution >= 0.6 is 23.1 Å². The molecule has 0 aliphatic carbocycles. The van der Waals surface area contributed by atoms with Crippen LogP contribution in [0.3, 0.4) is 0 Å². The van der Waals surface area contributed by atoms with Gasteiger partial charge >= 0.3 is 11.0 Å². The maximum atomic E-state index is 13.8. The predicted octanol–water partition coefficient (Wildman–Crippen LogP) is 5.07. The van der Waals surface area contributed by atoms with Crippen LogP contribution in [0.2, 0.25) is 0 Å². The van der Waals surface area contributed by atoms with Gasteiger partial charge in [-0.2, -0.15) is 13.2 Å². The smallest absolute Gasteiger partial charge is 0.325 e. The highest BCUT2D eigenvalue weighted by Crippen LogP contribution is 2.53. The zero-order valence-electron chi connectivity index (χ0n) is 21.8. The number of imide groups is 1. The zero-order chi connectivity index (χ0) is 29.8. The molecule has 2 aliphatic rings. The molecule has 3 amide bonds. The van der Waals surface area contributed by atoms with Crippen molar-refractivity contribution in [3.05, 3.63) is 104 Å². The topological polar surface area (TPSA) is 101 Å². The number of alkyl halides is 3. The predicted molar refractivity (Wildman–Crippen MR) is 152 cm³/mol. The molecule has 0 spiro atoms. The number of carbonyl (C=O) groups is 3. The molecule has 42 heavy (non-hydrogen) atoms. The summed E-state index contributed by atoms with van der Waals surface area (Å²) in [5.41, 5.74) is 1.05. The van der Waals surface area contributed by atoms with E-state index >= 15 is 0 Å². The summed E-state index contributed by atoms with van der Waals surface area (Å²) in [4.78, 5) is 59.1. The molecule has 4 aromatic rings. The fourth-order valence-corrected chi connectivity index (χ4v) is 8.01. The van der Waals surface area contributed by atoms with E-state index in [4.69, 9.17) is 0 Å². The van der Waals surface area contributed by atoms with Crippen molar-refractivity contribution in [2.75, 3.05) is 10.2 Å². The molecule has 214 valence electrons. The summed E-state index contributed by atoms with van der Waals surface area (Å²) >= 11 is 1.93. The molecule has 6 rings (SSSR count). The highest BCUT2D eigenvalue weighted by atomic mass is 32.2. The van der Waals surface area contributed by atoms with E-state index in [0.717, 1.165) is 40.8 Å². The third kappa shape index (κ3) is 4.92. The summed E-state index contributed by atoms with van der Waals surface area (Å²) in [6, 6.07) is 14.7. The molecular weight excluding hydrogens is 589 g/mol. The van der Waals surface area contributed by atoms with Gasteiger partial charge in [0.05, 0.1) is 22.2 Å². The summed E-state index contributed by atoms with van der Waals surface area (Å²) in [5.74, 6) is -3.02. The summed E-state index contributed by atoms with van der Waals surface area (Å²) in [5, 5.41) is 1.92. The van der Waals surface area contributed by atoms with Crippen molar-refractivity contribution in [3.8, 4) is 0 Å². The first-order valence-electron chi connectivity index (χ1n) is 12.7. The number of carbonyl (C=O) groups excluding carboxylic acids is 3. The van der Waals surface area contributed by atoms with Crippen LogP contribution in [0.5, 0.6) is 0 Å². The summed E-state index contributed by atoms with van der Waals surface area (Å²) < 4.78 is 40.6. The molecule has 0 bridgehead atoms. The number of rotatable bonds is 5. The van der Waals surface area contributed by atoms with Gasteiger partial charge in [0.25, 0.3) is 0 Å². The van der Waals surface area contributed by atoms with Crippen molar-refractivity contribution in [3.63, 3.8) is 0 Å². The number of benzene rings is 2. The Morgan fingerprint density at radius 2 is 1.79 bits per heavy atom. The standard InChI is InChI=1S/C29H21F3N4O4S2/c1-15-7-9-19(10-8-15)36-25(38)22-21(16-4-3-11-33-13-16)24-27(41-23(22)26(36)39)35(28(40)42-24)14-20(37)34-18-6-2-5-17(12-18)29(30,31)32/h2-13,21-23H,14H2,1H3,(H,34,37). The second-order valence-corrected chi connectivity index (χ2v) is 12.0. The molecule has 4 heterocycles. The van der Waals surface area contributed by atoms with Crippen molar-refractivity contribution in [1.82, 2.24) is 9.55 Å². The average molecular weight is 611 g/mol. The molecule has 2 aromatic heterocycles. The first-order valence-corrected chi connectivity index (χ1v) is 14.4. The number of hydrogen-bond donors (Lipinski definition) is 1. The summed E-state index contributed by atoms with van der Waals surface area (Å²) in [6.07, 6.45) is -1.43. The van der Waals surface area contributed by atoms with Crippen molar-refractivity contribution in [2.24, 2.45) is 5.92 Å². The number of fused-ring (bicyclic) bond motifs is 2. The van der Waals surface area contributed by atoms with Crippen molar-refractivity contribution >= 4 is 52.2 Å². The molecule has 0 radical (unpaired) electrons. The van der Waals surface area contributed by atoms with E-state index in [1.165, 1.54) is 21.6 Å². The Kier molecular flexibility index (Phi) is 7.01. The minimum absolute atomic E-state index is 0.0711. The van der Waals surface area contributed by atoms with E-state index in [1.807, 2.05) is 6.92 Å². The van der Waals surface area contributed by atoms with Gasteiger partial charge in [0.2, 0.25) is 17.7 Å². The normalized spacial score (nSPS) is 19.9. The van der Waals surface area contributed by atoms with E-state index in [-0.39, 0.29) is 5.69 Å². The third-order valence-corrected chi connectivity index (χ3v) is 9.76. The number of aryl methyl sites for hydroxylation is 1. The number of anilines is 2. The Labute approximate surface area is 245 Å². The van der Waals surface area contributed by atoms with Crippen LogP contribution in [0.1, 0.15) is 27.5 Å². The molecule has 8 nitrogen and oxygen atoms in total. The van der Waals surface area contributed by atoms with E-state index in [0.29, 0.717) is 21.2 Å². The fraction of sp³-hybridized carbons (Fsp3) is 0.207. The zero-order valence-corrected chi connectivity index (χ0v) is 23.4. The van der Waals surface area contributed by atoms with Crippen LogP contribution in [0.4, 0.5) is 24.5 Å². The second-order valence-electron chi connectivity index (χ2n) is 9.93. The number of amides is 3. The van der Waals surface area contributed by atoms with Gasteiger partial charge in [-0.05, 0) is 48.9 Å². The van der Waals surface area contributed by atoms with Crippen LogP contribution < -0.4 is 15.1 Å². The van der Waals surface area contributed by atoms with Gasteiger partial charge in [0, 0.05) is 28.9 Å². The Morgan fingerprint density at radius 1 is 1.02 bits per heavy atom. The Hall–Kier alpha value is -4.23. The number of pyridine rings is 1. The van der Waals surface area contributed by atoms with Crippen LogP contribution in [-0.4, -0.2) is 32.5 Å². The molecule has 1 saturated heterocycles. The van der Waals surface area contributed by atoms with E-state index < -0.39 is 58.0 Å². The van der Waals surface area contributed by atoms with Crippen LogP contribution in [0, 0.1) is 12.8 Å². The van der Waals surface area contributed by atoms with Gasteiger partial charge in [-0.15, -0.1) is 0 Å². The number of hydrogen-bond acceptors (Lipinski definition) is 7. The number of halogens is 3. The second kappa shape index (κ2) is 10.6. The van der Waals surface area contributed by atoms with Crippen molar-refractivity contribution in [2.45, 2.75) is 35.8 Å². The van der Waals surface area contributed by atoms with Crippen LogP contribution in [0.25, 0.3) is 0 Å². The Balaban J connectivity index is 1.36. The SMILES string of the molecule is Cc1ccc(N2C(=O)C3Sc4c(sc(=O)n4CC(=O)Nc4cccc(C(F)(F)F)c4)C(c4cccnc4)C3C2=O)cc1. The van der Waals surface area contributed by atoms with E-state index in [9.17, 15) is 32.3 Å². The maximum absolute atomic E-state index is 13.8. The molecule has 0 saturated carbocycles. The minimum atomic E-state index is -4.59. The minimum Gasteiger partial charge on any atom is -0.325 e. The van der Waals surface area contributed by atoms with Gasteiger partial charge in [0.15, 0.2) is 0 Å². The van der Waals surface area contributed by atoms with E-state index in [1.54, 1.807) is 48.8 Å². The summed E-state index contributed by atoms with van der Waals surface area (Å²) in [7, 11) is 0. The Bertz CT molecular complexity index is 1770. The number of thiazole rings is 1. The number of nitrogens with zero attached hydrogens (tertiary/aromatic N) is 3. The Morgan fingerprint density at radius 3 is 2.48 bits per heavy atom. The monoisotopic (exact) mass is 610 g/mol. The lowest BCUT2D eigenvalue weighted by Crippen LogP contribution is -2.33. The van der Waals surface area contributed by atoms with Gasteiger partial charge in [-0.3, -0.25) is 28.7 Å². The molecule has 3 atom stereocenters. The van der Waals surface area contributed by atoms with Crippen LogP contribution in [-0.2, 0) is 27.1 Å². The number of aromatic nitrogens is 2. The molecule has 2 aliphatic heterocycles. The molecular formula is C29H21F3N4O4S2. The molecule has 1 N–H and O–H groups in total. The quantitative estimate of drug-likeness (QED) is 0.317. The van der Waals surface area contributed by atoms with Crippen molar-refractivity contribution < 1.29 is 27.6 Å². The highest BCUT2D eigenvalue weighted by molar-refractivity contribution is 8.00. The lowest BCUT2D eigenvalue weighted by molar-refractivity contribution is -0.137. The van der Waals surface area contributed by atoms with E-state index in [2.05, 4.69) is 10.3 Å². The lowest BCUT2D eigenvalue weighted by Gasteiger charge is -2.30. The fourth-order valence-electron chi connectivity index (χ4n) is 5.24. The van der Waals surface area contributed by atoms with Gasteiger partial charge in [-0.25, -0.2) is 4.90 Å². The largest absolute Gasteiger partial charge is 0.416 e. The lowest BCUT2D eigenvalue weighted by atomic mass is 9.84. The van der Waals surface area contributed by atoms with Gasteiger partial charge in [-0.1, -0.05) is 52.9 Å². The molecule has 2 aromatic carbocycles. The van der Waals surface area contributed by atoms with Gasteiger partial charge in [0.1, 0.15) is 11.8 Å². The number of thioether (sulfide) groups is 1. The van der Waals surface area contributed by atoms with Crippen LogP contribution in [0.15, 0.2) is 82.9 Å². The average Bonchev–Trinajstić information content (AvgIpc) is 3.40. The summed E-state index contributed by atoms with van der Waals surface area (Å²) in [6.45, 7) is 1.40. The number of nitrogens with one attached hydrogen (secondary N) is 1. The highest BCUT2D eigenvalue weighted by Gasteiger charge is 2.56. The van der Waals surface area contributed by atoms with Gasteiger partial charge < -0.3 is 5.32 Å². The molecule has 1 fully saturated rings. The van der Waals surface area contributed by atoms with Crippen molar-refractivity contribution in [1.29, 1.82) is 0 Å².